The summed E-state index contributed by atoms with van der Waals surface area (Å²) >= 11 is 0. The highest BCUT2D eigenvalue weighted by atomic mass is 15.2. The van der Waals surface area contributed by atoms with E-state index in [9.17, 15) is 5.26 Å². The summed E-state index contributed by atoms with van der Waals surface area (Å²) in [6.07, 6.45) is 8.68. The molecule has 2 aromatic rings. The molecule has 2 saturated carbocycles. The number of anilines is 3. The maximum absolute atomic E-state index is 9.29. The Labute approximate surface area is 148 Å². The third-order valence-electron chi connectivity index (χ3n) is 4.99. The van der Waals surface area contributed by atoms with Gasteiger partial charge in [0, 0.05) is 18.0 Å². The van der Waals surface area contributed by atoms with Crippen molar-refractivity contribution in [2.75, 3.05) is 10.6 Å². The molecule has 0 amide bonds. The summed E-state index contributed by atoms with van der Waals surface area (Å²) < 4.78 is 0. The van der Waals surface area contributed by atoms with Gasteiger partial charge in [-0.3, -0.25) is 0 Å². The molecule has 0 spiro atoms. The Morgan fingerprint density at radius 2 is 1.80 bits per heavy atom. The first-order valence-electron chi connectivity index (χ1n) is 9.23. The zero-order valence-corrected chi connectivity index (χ0v) is 14.3. The van der Waals surface area contributed by atoms with Crippen molar-refractivity contribution in [1.29, 1.82) is 5.26 Å². The zero-order chi connectivity index (χ0) is 17.1. The van der Waals surface area contributed by atoms with Gasteiger partial charge >= 0.3 is 0 Å². The third kappa shape index (κ3) is 3.90. The number of para-hydroxylation sites is 1. The molecule has 128 valence electrons. The van der Waals surface area contributed by atoms with Gasteiger partial charge in [-0.2, -0.15) is 10.2 Å². The largest absolute Gasteiger partial charge is 0.351 e. The van der Waals surface area contributed by atoms with E-state index in [1.807, 2.05) is 30.3 Å². The molecule has 2 fully saturated rings. The van der Waals surface area contributed by atoms with E-state index in [1.165, 1.54) is 44.9 Å². The Morgan fingerprint density at radius 1 is 1.00 bits per heavy atom. The Balaban J connectivity index is 1.59. The van der Waals surface area contributed by atoms with Crippen LogP contribution in [0.15, 0.2) is 30.3 Å². The number of hydrogen-bond donors (Lipinski definition) is 2. The molecular formula is C20H23N5. The highest BCUT2D eigenvalue weighted by Crippen LogP contribution is 2.40. The topological polar surface area (TPSA) is 73.6 Å². The minimum atomic E-state index is 0.474. The minimum absolute atomic E-state index is 0.474. The van der Waals surface area contributed by atoms with E-state index in [2.05, 4.69) is 21.7 Å². The van der Waals surface area contributed by atoms with Crippen molar-refractivity contribution >= 4 is 17.5 Å². The SMILES string of the molecule is N#Cc1ccccc1Nc1cc(C2CC2)nc(NC2CCCCC2)n1. The maximum atomic E-state index is 9.29. The summed E-state index contributed by atoms with van der Waals surface area (Å²) in [5, 5.41) is 16.1. The van der Waals surface area contributed by atoms with Gasteiger partial charge in [0.05, 0.1) is 16.9 Å². The number of rotatable bonds is 5. The molecule has 25 heavy (non-hydrogen) atoms. The number of hydrogen-bond acceptors (Lipinski definition) is 5. The van der Waals surface area contributed by atoms with Crippen molar-refractivity contribution in [3.63, 3.8) is 0 Å². The van der Waals surface area contributed by atoms with Gasteiger partial charge in [0.25, 0.3) is 0 Å². The summed E-state index contributed by atoms with van der Waals surface area (Å²) in [6.45, 7) is 0. The lowest BCUT2D eigenvalue weighted by atomic mass is 9.96. The Morgan fingerprint density at radius 3 is 2.56 bits per heavy atom. The Hall–Kier alpha value is -2.61. The van der Waals surface area contributed by atoms with E-state index >= 15 is 0 Å². The monoisotopic (exact) mass is 333 g/mol. The van der Waals surface area contributed by atoms with Gasteiger partial charge in [-0.1, -0.05) is 31.4 Å². The first kappa shape index (κ1) is 15.9. The van der Waals surface area contributed by atoms with E-state index in [4.69, 9.17) is 4.98 Å². The van der Waals surface area contributed by atoms with Crippen molar-refractivity contribution < 1.29 is 0 Å². The molecule has 0 bridgehead atoms. The van der Waals surface area contributed by atoms with Gasteiger partial charge in [0.15, 0.2) is 0 Å². The maximum Gasteiger partial charge on any atom is 0.225 e. The van der Waals surface area contributed by atoms with Gasteiger partial charge < -0.3 is 10.6 Å². The lowest BCUT2D eigenvalue weighted by molar-refractivity contribution is 0.460. The van der Waals surface area contributed by atoms with Crippen LogP contribution in [-0.4, -0.2) is 16.0 Å². The fourth-order valence-corrected chi connectivity index (χ4v) is 3.44. The summed E-state index contributed by atoms with van der Waals surface area (Å²) in [6, 6.07) is 12.2. The summed E-state index contributed by atoms with van der Waals surface area (Å²) in [5.41, 5.74) is 2.51. The molecule has 1 aromatic carbocycles. The molecule has 2 aliphatic rings. The summed E-state index contributed by atoms with van der Waals surface area (Å²) in [5.74, 6) is 2.04. The molecule has 0 aliphatic heterocycles. The van der Waals surface area contributed by atoms with Crippen molar-refractivity contribution in [3.05, 3.63) is 41.6 Å². The number of nitrogens with zero attached hydrogens (tertiary/aromatic N) is 3. The molecule has 0 radical (unpaired) electrons. The van der Waals surface area contributed by atoms with E-state index in [0.29, 0.717) is 23.5 Å². The molecule has 4 rings (SSSR count). The average molecular weight is 333 g/mol. The molecule has 0 atom stereocenters. The minimum Gasteiger partial charge on any atom is -0.351 e. The summed E-state index contributed by atoms with van der Waals surface area (Å²) in [4.78, 5) is 9.41. The third-order valence-corrected chi connectivity index (χ3v) is 4.99. The van der Waals surface area contributed by atoms with Gasteiger partial charge in [-0.15, -0.1) is 0 Å². The van der Waals surface area contributed by atoms with Crippen LogP contribution in [0, 0.1) is 11.3 Å². The lowest BCUT2D eigenvalue weighted by Crippen LogP contribution is -2.23. The second kappa shape index (κ2) is 7.10. The average Bonchev–Trinajstić information content (AvgIpc) is 3.48. The van der Waals surface area contributed by atoms with E-state index in [1.54, 1.807) is 0 Å². The first-order chi connectivity index (χ1) is 12.3. The van der Waals surface area contributed by atoms with Gasteiger partial charge in [0.1, 0.15) is 11.9 Å². The molecule has 2 aliphatic carbocycles. The van der Waals surface area contributed by atoms with Crippen LogP contribution in [0.3, 0.4) is 0 Å². The molecule has 5 heteroatoms. The van der Waals surface area contributed by atoms with Crippen LogP contribution in [0.5, 0.6) is 0 Å². The van der Waals surface area contributed by atoms with E-state index < -0.39 is 0 Å². The quantitative estimate of drug-likeness (QED) is 0.828. The number of aromatic nitrogens is 2. The standard InChI is InChI=1S/C20H23N5/c21-13-15-6-4-5-9-17(15)23-19-12-18(14-10-11-14)24-20(25-19)22-16-7-2-1-3-8-16/h4-6,9,12,14,16H,1-3,7-8,10-11H2,(H2,22,23,24,25). The van der Waals surface area contributed by atoms with Crippen LogP contribution in [0.1, 0.15) is 62.1 Å². The fourth-order valence-electron chi connectivity index (χ4n) is 3.44. The second-order valence-corrected chi connectivity index (χ2v) is 7.04. The van der Waals surface area contributed by atoms with E-state index in [0.717, 1.165) is 17.2 Å². The predicted octanol–water partition coefficient (Wildman–Crippen LogP) is 4.71. The predicted molar refractivity (Wildman–Crippen MR) is 98.9 cm³/mol. The van der Waals surface area contributed by atoms with Crippen molar-refractivity contribution in [1.82, 2.24) is 9.97 Å². The number of benzene rings is 1. The van der Waals surface area contributed by atoms with Crippen LogP contribution in [0.25, 0.3) is 0 Å². The Kier molecular flexibility index (Phi) is 4.51. The van der Waals surface area contributed by atoms with Crippen molar-refractivity contribution in [2.24, 2.45) is 0 Å². The van der Waals surface area contributed by atoms with Crippen LogP contribution in [0.2, 0.25) is 0 Å². The van der Waals surface area contributed by atoms with Crippen LogP contribution >= 0.6 is 0 Å². The van der Waals surface area contributed by atoms with Crippen LogP contribution < -0.4 is 10.6 Å². The molecule has 2 N–H and O–H groups in total. The molecule has 1 heterocycles. The zero-order valence-electron chi connectivity index (χ0n) is 14.3. The molecule has 1 aromatic heterocycles. The summed E-state index contributed by atoms with van der Waals surface area (Å²) in [7, 11) is 0. The van der Waals surface area contributed by atoms with Gasteiger partial charge in [-0.05, 0) is 37.8 Å². The van der Waals surface area contributed by atoms with Gasteiger partial charge in [-0.25, -0.2) is 4.98 Å². The molecule has 5 nitrogen and oxygen atoms in total. The molecular weight excluding hydrogens is 310 g/mol. The molecule has 0 unspecified atom stereocenters. The van der Waals surface area contributed by atoms with E-state index in [-0.39, 0.29) is 0 Å². The van der Waals surface area contributed by atoms with Crippen LogP contribution in [-0.2, 0) is 0 Å². The van der Waals surface area contributed by atoms with Crippen molar-refractivity contribution in [3.8, 4) is 6.07 Å². The van der Waals surface area contributed by atoms with Gasteiger partial charge in [0.2, 0.25) is 5.95 Å². The smallest absolute Gasteiger partial charge is 0.225 e. The van der Waals surface area contributed by atoms with Crippen molar-refractivity contribution in [2.45, 2.75) is 56.9 Å². The number of nitriles is 1. The number of nitrogens with one attached hydrogen (secondary N) is 2. The molecule has 0 saturated heterocycles. The Bertz CT molecular complexity index is 785. The van der Waals surface area contributed by atoms with Crippen LogP contribution in [0.4, 0.5) is 17.5 Å². The fraction of sp³-hybridized carbons (Fsp3) is 0.450. The highest BCUT2D eigenvalue weighted by molar-refractivity contribution is 5.65. The lowest BCUT2D eigenvalue weighted by Gasteiger charge is -2.23. The normalized spacial score (nSPS) is 17.7. The highest BCUT2D eigenvalue weighted by Gasteiger charge is 2.26. The second-order valence-electron chi connectivity index (χ2n) is 7.04. The first-order valence-corrected chi connectivity index (χ1v) is 9.23.